The Morgan fingerprint density at radius 1 is 0.545 bits per heavy atom. The van der Waals surface area contributed by atoms with Crippen molar-refractivity contribution in [3.05, 3.63) is 53.1 Å². The van der Waals surface area contributed by atoms with E-state index in [0.717, 1.165) is 5.69 Å². The maximum atomic E-state index is 10.6. The van der Waals surface area contributed by atoms with E-state index in [0.29, 0.717) is 50.4 Å². The molecule has 0 spiro atoms. The van der Waals surface area contributed by atoms with Crippen LogP contribution in [-0.4, -0.2) is 234 Å². The number of halogens is 2. The largest absolute Gasteiger partial charge is 1.00 e. The molecule has 0 aliphatic carbocycles. The number of rotatable bonds is 25. The minimum absolute atomic E-state index is 0. The zero-order chi connectivity index (χ0) is 73.8. The van der Waals surface area contributed by atoms with Gasteiger partial charge in [-0.2, -0.15) is 49.8 Å². The Balaban J connectivity index is -0.000000557. The molecule has 43 nitrogen and oxygen atoms in total. The van der Waals surface area contributed by atoms with E-state index in [9.17, 15) is 9.67 Å². The molecular formula is C54H99ClFN22NaO21P+. The summed E-state index contributed by atoms with van der Waals surface area (Å²) >= 11 is 5.44. The third kappa shape index (κ3) is 44.4. The van der Waals surface area contributed by atoms with Gasteiger partial charge in [-0.05, 0) is 54.9 Å². The Morgan fingerprint density at radius 3 is 1.23 bits per heavy atom. The van der Waals surface area contributed by atoms with Crippen LogP contribution in [0.1, 0.15) is 62.3 Å². The van der Waals surface area contributed by atoms with Gasteiger partial charge < -0.3 is 157 Å². The van der Waals surface area contributed by atoms with Gasteiger partial charge in [0.05, 0.1) is 45.7 Å². The molecule has 47 heteroatoms. The van der Waals surface area contributed by atoms with E-state index in [1.54, 1.807) is 6.07 Å². The van der Waals surface area contributed by atoms with Crippen LogP contribution in [0.3, 0.4) is 0 Å². The van der Waals surface area contributed by atoms with Crippen molar-refractivity contribution in [1.29, 1.82) is 0 Å². The zero-order valence-corrected chi connectivity index (χ0v) is 60.9. The van der Waals surface area contributed by atoms with Gasteiger partial charge in [-0.3, -0.25) is 9.27 Å². The summed E-state index contributed by atoms with van der Waals surface area (Å²) < 4.78 is 68.1. The number of hydrogen-bond acceptors (Lipinski definition) is 40. The van der Waals surface area contributed by atoms with Crippen molar-refractivity contribution in [2.75, 3.05) is 143 Å². The van der Waals surface area contributed by atoms with E-state index in [2.05, 4.69) is 59.8 Å². The number of nitrogens with two attached hydrogens (primary N) is 10. The number of aliphatic hydroxyl groups excluding tert-OH is 6. The van der Waals surface area contributed by atoms with Crippen LogP contribution in [0.25, 0.3) is 0 Å². The average molecular weight is 1500 g/mol. The van der Waals surface area contributed by atoms with Crippen molar-refractivity contribution in [1.82, 2.24) is 59.8 Å². The van der Waals surface area contributed by atoms with E-state index < -0.39 is 50.4 Å². The van der Waals surface area contributed by atoms with Crippen molar-refractivity contribution in [3.8, 4) is 29.4 Å². The molecule has 2 aliphatic heterocycles. The molecule has 0 amide bonds. The van der Waals surface area contributed by atoms with Gasteiger partial charge in [-0.15, -0.1) is 0 Å². The van der Waals surface area contributed by atoms with Gasteiger partial charge in [0.15, 0.2) is 11.6 Å². The van der Waals surface area contributed by atoms with Gasteiger partial charge in [0.25, 0.3) is 0 Å². The first-order chi connectivity index (χ1) is 45.9. The molecule has 0 aromatic carbocycles. The van der Waals surface area contributed by atoms with Crippen LogP contribution in [-0.2, 0) is 38.5 Å². The fraction of sp³-hybridized carbons (Fsp3) is 0.556. The molecule has 0 bridgehead atoms. The molecular weight excluding hydrogens is 1400 g/mol. The number of hydrogen-bond donors (Lipinski definition) is 18. The Hall–Kier alpha value is -7.67. The summed E-state index contributed by atoms with van der Waals surface area (Å²) in [5, 5.41) is 53.6. The molecule has 6 aromatic heterocycles. The maximum Gasteiger partial charge on any atom is 1.00 e. The average Bonchev–Trinajstić information content (AvgIpc) is 1.75. The standard InChI is InChI=1S/C10H16N4O3.C10H16N2O2.C9H16N4O3.C8H15N4O6P.C7H12N4O3.C6H12O3.C4H5ClN4.FH.Na.H2O.H2.H/c1-10(2)16-5-6(17-10)4-15-8-3-7(11)13-9(12)14-8;1-4-9(13)6-14-10-5-7(2)11-8(3)12-10;1-2-15-6(4-14)5-16-8-3-7(10)12-9(11)13-8;9-6-1-7(12-8(10)11-6)17-3-5(2-13)18-4-19(14,15)16;8-5-1-6(11-7(9)10-5)14-3-4(13)2-12;1-6(2)8-4-5(3-7)9-6;5-2-1-3(6)9-4(7)8-2;;;;;/h3,6H,4-5H2,1-2H3,(H4,11,12,13,14);5,9,13H,4,6H2,1-3H3;3,6,14H,2,4-5H2,1H3,(H4,10,11,12,13);1,5,13H,2-4H2,(H2,14,15,16)(H4,9,10,11,12);1,4,12-13H,2-3H2,(H4,8,9,10,11);5,7H,3-4H2,1-2H3;1H,(H4,6,7,8,9);1H;;1H2;1H;/q;;;;;;;;+1;;;-1/p+1/i;;;;;;;;;;1+2;. The summed E-state index contributed by atoms with van der Waals surface area (Å²) in [6.45, 7) is 15.9. The van der Waals surface area contributed by atoms with Crippen LogP contribution < -0.4 is 111 Å². The van der Waals surface area contributed by atoms with Gasteiger partial charge in [-0.1, -0.05) is 18.5 Å². The molecule has 0 saturated carbocycles. The van der Waals surface area contributed by atoms with Crippen LogP contribution in [0.4, 0.5) is 63.5 Å². The van der Waals surface area contributed by atoms with Crippen LogP contribution in [0.2, 0.25) is 5.15 Å². The number of nitrogen functional groups attached to an aromatic ring is 10. The Morgan fingerprint density at radius 2 is 0.911 bits per heavy atom. The van der Waals surface area contributed by atoms with Crippen molar-refractivity contribution in [2.45, 2.75) is 110 Å². The summed E-state index contributed by atoms with van der Waals surface area (Å²) in [5.74, 6) is 2.26. The molecule has 2 saturated heterocycles. The molecule has 8 rings (SSSR count). The third-order valence-electron chi connectivity index (χ3n) is 11.0. The summed E-state index contributed by atoms with van der Waals surface area (Å²) in [4.78, 5) is 62.5. The molecule has 101 heavy (non-hydrogen) atoms. The van der Waals surface area contributed by atoms with E-state index in [1.165, 1.54) is 30.3 Å². The Bertz CT molecular complexity index is 3150. The fourth-order valence-corrected chi connectivity index (χ4v) is 7.47. The Kier molecular flexibility index (Phi) is 46.3. The predicted octanol–water partition coefficient (Wildman–Crippen LogP) is -5.25. The number of nitrogens with zero attached hydrogens (tertiary/aromatic N) is 12. The third-order valence-corrected chi connectivity index (χ3v) is 11.7. The molecule has 31 N–H and O–H groups in total. The predicted molar refractivity (Wildman–Crippen MR) is 367 cm³/mol. The molecule has 0 radical (unpaired) electrons. The minimum atomic E-state index is -4.30. The minimum Gasteiger partial charge on any atom is -1.00 e. The van der Waals surface area contributed by atoms with Crippen molar-refractivity contribution < 1.29 is 140 Å². The van der Waals surface area contributed by atoms with Gasteiger partial charge in [0.1, 0.15) is 110 Å². The summed E-state index contributed by atoms with van der Waals surface area (Å²) in [6, 6.07) is 8.84. The summed E-state index contributed by atoms with van der Waals surface area (Å²) in [6.07, 6.45) is -3.05. The quantitative estimate of drug-likeness (QED) is 0.0110. The smallest absolute Gasteiger partial charge is 1.00 e. The molecule has 6 aromatic rings. The second-order valence-corrected chi connectivity index (χ2v) is 22.9. The first kappa shape index (κ1) is 95.4. The fourth-order valence-electron chi connectivity index (χ4n) is 6.86. The van der Waals surface area contributed by atoms with Gasteiger partial charge in [0, 0.05) is 50.1 Å². The molecule has 2 fully saturated rings. The van der Waals surface area contributed by atoms with Crippen LogP contribution in [0.5, 0.6) is 29.4 Å². The maximum absolute atomic E-state index is 10.6. The number of aromatic nitrogens is 12. The van der Waals surface area contributed by atoms with Crippen LogP contribution >= 0.6 is 19.2 Å². The summed E-state index contributed by atoms with van der Waals surface area (Å²) in [7, 11) is -4.30. The first-order valence-corrected chi connectivity index (χ1v) is 31.5. The Labute approximate surface area is 610 Å². The topological polar surface area (TPSA) is 728 Å². The first-order valence-electron chi connectivity index (χ1n) is 29.3. The number of aliphatic hydroxyl groups is 6. The number of aryl methyl sites for hydroxylation is 2. The van der Waals surface area contributed by atoms with Crippen molar-refractivity contribution in [2.24, 2.45) is 0 Å². The van der Waals surface area contributed by atoms with Crippen LogP contribution in [0.15, 0.2) is 36.4 Å². The van der Waals surface area contributed by atoms with Gasteiger partial charge >= 0.3 is 37.2 Å². The van der Waals surface area contributed by atoms with Crippen molar-refractivity contribution in [3.63, 3.8) is 0 Å². The monoisotopic (exact) mass is 1500 g/mol. The van der Waals surface area contributed by atoms with Crippen LogP contribution in [0, 0.1) is 13.8 Å². The number of anilines is 10. The molecule has 2 aliphatic rings. The van der Waals surface area contributed by atoms with Gasteiger partial charge in [-0.25, -0.2) is 9.97 Å². The zero-order valence-electron chi connectivity index (χ0n) is 58.3. The second kappa shape index (κ2) is 49.0. The van der Waals surface area contributed by atoms with Crippen molar-refractivity contribution >= 4 is 78.0 Å². The second-order valence-electron chi connectivity index (χ2n) is 20.9. The molecule has 8 heterocycles. The van der Waals surface area contributed by atoms with E-state index in [4.69, 9.17) is 156 Å². The molecule has 6 atom stereocenters. The van der Waals surface area contributed by atoms with E-state index in [1.807, 2.05) is 55.4 Å². The SMILES string of the molecule is CC1(C)OCC(CO)O1.CC1(C)OCC(COc2cc(N)nc(N)n2)O1.CCC(O)COc1cc(C)nc(C)n1.CCOC(CO)COc1cc(N)nc(N)n1.F.Nc1cc(Cl)nc(N)n1.Nc1cc(OCC(CO)OCP(=O)(O)O)nc(N)n1.Nc1cc(OCC(O)CO)nc(N)n1.[3HH].[H-].[Na+].[OH3+]. The van der Waals surface area contributed by atoms with E-state index >= 15 is 0 Å². The summed E-state index contributed by atoms with van der Waals surface area (Å²) in [5.41, 5.74) is 54.6. The normalized spacial score (nSPS) is 15.5. The number of ether oxygens (including phenoxy) is 11. The van der Waals surface area contributed by atoms with Gasteiger partial charge in [0.2, 0.25) is 59.1 Å². The molecule has 570 valence electrons. The van der Waals surface area contributed by atoms with E-state index in [-0.39, 0.29) is 189 Å². The molecule has 6 unspecified atom stereocenters.